The lowest BCUT2D eigenvalue weighted by Crippen LogP contribution is -2.19. The molecule has 3 heteroatoms. The van der Waals surface area contributed by atoms with Crippen LogP contribution in [0.4, 0.5) is 0 Å². The van der Waals surface area contributed by atoms with Crippen molar-refractivity contribution in [2.24, 2.45) is 5.92 Å². The van der Waals surface area contributed by atoms with Crippen LogP contribution >= 0.6 is 12.6 Å². The molecule has 0 aromatic carbocycles. The maximum atomic E-state index is 11.0. The van der Waals surface area contributed by atoms with Gasteiger partial charge in [-0.2, -0.15) is 0 Å². The molecule has 0 heterocycles. The number of aliphatic hydroxyl groups excluding tert-OH is 1. The van der Waals surface area contributed by atoms with Crippen LogP contribution in [0.3, 0.4) is 0 Å². The predicted molar refractivity (Wildman–Crippen MR) is 41.9 cm³/mol. The smallest absolute Gasteiger partial charge is 0.174 e. The van der Waals surface area contributed by atoms with E-state index in [1.807, 2.05) is 6.92 Å². The highest BCUT2D eigenvalue weighted by molar-refractivity contribution is 7.85. The van der Waals surface area contributed by atoms with Crippen LogP contribution < -0.4 is 0 Å². The third-order valence-electron chi connectivity index (χ3n) is 1.77. The summed E-state index contributed by atoms with van der Waals surface area (Å²) < 4.78 is 0. The average Bonchev–Trinajstić information content (AvgIpc) is 2.09. The number of thiol groups is 1. The van der Waals surface area contributed by atoms with Crippen molar-refractivity contribution >= 4 is 18.4 Å². The minimum atomic E-state index is -0.606. The van der Waals surface area contributed by atoms with E-state index >= 15 is 0 Å². The third-order valence-corrected chi connectivity index (χ3v) is 2.14. The van der Waals surface area contributed by atoms with Crippen LogP contribution in [0.5, 0.6) is 0 Å². The van der Waals surface area contributed by atoms with E-state index in [2.05, 4.69) is 12.6 Å². The molecule has 0 saturated heterocycles. The molecule has 1 aliphatic carbocycles. The zero-order chi connectivity index (χ0) is 7.72. The monoisotopic (exact) mass is 158 g/mol. The number of hydrogen-bond donors (Lipinski definition) is 2. The van der Waals surface area contributed by atoms with Gasteiger partial charge in [0.15, 0.2) is 5.78 Å². The summed E-state index contributed by atoms with van der Waals surface area (Å²) in [5, 5.41) is 9.18. The van der Waals surface area contributed by atoms with E-state index in [1.165, 1.54) is 6.08 Å². The molecule has 2 unspecified atom stereocenters. The Kier molecular flexibility index (Phi) is 2.16. The van der Waals surface area contributed by atoms with E-state index in [1.54, 1.807) is 0 Å². The van der Waals surface area contributed by atoms with Gasteiger partial charge in [0.1, 0.15) is 0 Å². The Hall–Kier alpha value is -0.280. The predicted octanol–water partition coefficient (Wildman–Crippen LogP) is 0.770. The van der Waals surface area contributed by atoms with Crippen molar-refractivity contribution in [3.63, 3.8) is 0 Å². The summed E-state index contributed by atoms with van der Waals surface area (Å²) in [6.07, 6.45) is 1.57. The molecule has 10 heavy (non-hydrogen) atoms. The fourth-order valence-electron chi connectivity index (χ4n) is 1.13. The van der Waals surface area contributed by atoms with Gasteiger partial charge in [-0.3, -0.25) is 4.79 Å². The van der Waals surface area contributed by atoms with Crippen molar-refractivity contribution in [3.05, 3.63) is 11.0 Å². The second-order valence-corrected chi connectivity index (χ2v) is 2.90. The van der Waals surface area contributed by atoms with Crippen molar-refractivity contribution in [3.8, 4) is 0 Å². The first-order chi connectivity index (χ1) is 4.66. The van der Waals surface area contributed by atoms with Crippen molar-refractivity contribution in [2.75, 3.05) is 0 Å². The first kappa shape index (κ1) is 7.82. The molecule has 0 bridgehead atoms. The molecular formula is C7H10O2S. The number of aliphatic hydroxyl groups is 1. The quantitative estimate of drug-likeness (QED) is 0.553. The van der Waals surface area contributed by atoms with Gasteiger partial charge in [-0.15, -0.1) is 12.6 Å². The number of allylic oxidation sites excluding steroid dienone is 1. The average molecular weight is 158 g/mol. The molecule has 0 aromatic heterocycles. The third kappa shape index (κ3) is 1.11. The second-order valence-electron chi connectivity index (χ2n) is 2.42. The van der Waals surface area contributed by atoms with Gasteiger partial charge >= 0.3 is 0 Å². The normalized spacial score (nSPS) is 32.7. The SMILES string of the molecule is CCC1C(=O)C(S)=CC1O. The molecule has 0 saturated carbocycles. The fourth-order valence-corrected chi connectivity index (χ4v) is 1.45. The maximum Gasteiger partial charge on any atom is 0.174 e. The molecule has 0 amide bonds. The Morgan fingerprint density at radius 2 is 2.40 bits per heavy atom. The van der Waals surface area contributed by atoms with Gasteiger partial charge in [0.2, 0.25) is 0 Å². The van der Waals surface area contributed by atoms with Gasteiger partial charge in [0.05, 0.1) is 12.0 Å². The van der Waals surface area contributed by atoms with Crippen LogP contribution in [0.15, 0.2) is 11.0 Å². The van der Waals surface area contributed by atoms with Gasteiger partial charge in [-0.1, -0.05) is 6.92 Å². The summed E-state index contributed by atoms with van der Waals surface area (Å²) in [6.45, 7) is 1.88. The van der Waals surface area contributed by atoms with Gasteiger partial charge in [-0.25, -0.2) is 0 Å². The van der Waals surface area contributed by atoms with E-state index in [0.29, 0.717) is 11.3 Å². The van der Waals surface area contributed by atoms with Gasteiger partial charge < -0.3 is 5.11 Å². The molecule has 0 radical (unpaired) electrons. The molecule has 0 aliphatic heterocycles. The summed E-state index contributed by atoms with van der Waals surface area (Å²) >= 11 is 3.91. The van der Waals surface area contributed by atoms with Crippen LogP contribution in [-0.4, -0.2) is 17.0 Å². The zero-order valence-corrected chi connectivity index (χ0v) is 6.64. The Bertz CT molecular complexity index is 186. The molecule has 56 valence electrons. The number of rotatable bonds is 1. The van der Waals surface area contributed by atoms with E-state index in [-0.39, 0.29) is 11.7 Å². The van der Waals surface area contributed by atoms with Crippen LogP contribution in [0, 0.1) is 5.92 Å². The van der Waals surface area contributed by atoms with Crippen LogP contribution in [0.2, 0.25) is 0 Å². The molecule has 0 fully saturated rings. The van der Waals surface area contributed by atoms with E-state index in [9.17, 15) is 9.90 Å². The molecule has 1 N–H and O–H groups in total. The zero-order valence-electron chi connectivity index (χ0n) is 5.74. The molecule has 1 rings (SSSR count). The minimum Gasteiger partial charge on any atom is -0.388 e. The Labute approximate surface area is 65.3 Å². The number of hydrogen-bond acceptors (Lipinski definition) is 3. The van der Waals surface area contributed by atoms with E-state index in [0.717, 1.165) is 0 Å². The lowest BCUT2D eigenvalue weighted by molar-refractivity contribution is -0.119. The van der Waals surface area contributed by atoms with Gasteiger partial charge in [0.25, 0.3) is 0 Å². The molecule has 0 spiro atoms. The highest BCUT2D eigenvalue weighted by Gasteiger charge is 2.31. The van der Waals surface area contributed by atoms with Gasteiger partial charge in [-0.05, 0) is 12.5 Å². The van der Waals surface area contributed by atoms with Crippen molar-refractivity contribution in [2.45, 2.75) is 19.4 Å². The number of carbonyl (C=O) groups is 1. The van der Waals surface area contributed by atoms with Crippen molar-refractivity contribution < 1.29 is 9.90 Å². The Morgan fingerprint density at radius 1 is 1.80 bits per heavy atom. The standard InChI is InChI=1S/C7H10O2S/c1-2-4-5(8)3-6(10)7(4)9/h3-5,8,10H,2H2,1H3. The molecule has 2 atom stereocenters. The lowest BCUT2D eigenvalue weighted by Gasteiger charge is -2.08. The number of ketones is 1. The highest BCUT2D eigenvalue weighted by atomic mass is 32.1. The minimum absolute atomic E-state index is 0.0293. The maximum absolute atomic E-state index is 11.0. The first-order valence-corrected chi connectivity index (χ1v) is 3.74. The van der Waals surface area contributed by atoms with E-state index in [4.69, 9.17) is 0 Å². The van der Waals surface area contributed by atoms with Gasteiger partial charge in [0, 0.05) is 4.91 Å². The summed E-state index contributed by atoms with van der Waals surface area (Å²) in [7, 11) is 0. The van der Waals surface area contributed by atoms with Crippen LogP contribution in [0.1, 0.15) is 13.3 Å². The summed E-state index contributed by atoms with van der Waals surface area (Å²) in [5.74, 6) is -0.272. The highest BCUT2D eigenvalue weighted by Crippen LogP contribution is 2.25. The van der Waals surface area contributed by atoms with Crippen LogP contribution in [0.25, 0.3) is 0 Å². The second kappa shape index (κ2) is 2.76. The topological polar surface area (TPSA) is 37.3 Å². The molecular weight excluding hydrogens is 148 g/mol. The first-order valence-electron chi connectivity index (χ1n) is 3.30. The fraction of sp³-hybridized carbons (Fsp3) is 0.571. The van der Waals surface area contributed by atoms with Crippen molar-refractivity contribution in [1.82, 2.24) is 0 Å². The largest absolute Gasteiger partial charge is 0.388 e. The Balaban J connectivity index is 2.76. The Morgan fingerprint density at radius 3 is 2.60 bits per heavy atom. The molecule has 0 aromatic rings. The van der Waals surface area contributed by atoms with Crippen molar-refractivity contribution in [1.29, 1.82) is 0 Å². The lowest BCUT2D eigenvalue weighted by atomic mass is 10.0. The van der Waals surface area contributed by atoms with E-state index < -0.39 is 6.10 Å². The van der Waals surface area contributed by atoms with Crippen LogP contribution in [-0.2, 0) is 4.79 Å². The summed E-state index contributed by atoms with van der Waals surface area (Å²) in [5.41, 5.74) is 0. The number of carbonyl (C=O) groups excluding carboxylic acids is 1. The molecule has 2 nitrogen and oxygen atoms in total. The number of Topliss-reactive ketones (excluding diaryl/α,β-unsaturated/α-hetero) is 1. The summed E-state index contributed by atoms with van der Waals surface area (Å²) in [4.78, 5) is 11.4. The summed E-state index contributed by atoms with van der Waals surface area (Å²) in [6, 6.07) is 0. The molecule has 1 aliphatic rings.